The molecular weight excluding hydrogens is 448 g/mol. The second kappa shape index (κ2) is 10.5. The molecule has 35 heavy (non-hydrogen) atoms. The topological polar surface area (TPSA) is 125 Å². The van der Waals surface area contributed by atoms with Crippen molar-refractivity contribution < 1.29 is 29.3 Å². The number of aliphatic carboxylic acids is 1. The Balaban J connectivity index is 1.27. The summed E-state index contributed by atoms with van der Waals surface area (Å²) < 4.78 is 5.59. The van der Waals surface area contributed by atoms with Crippen molar-refractivity contribution in [3.05, 3.63) is 59.7 Å². The highest BCUT2D eigenvalue weighted by Gasteiger charge is 2.35. The fourth-order valence-electron chi connectivity index (χ4n) is 5.29. The maximum atomic E-state index is 12.7. The molecule has 186 valence electrons. The van der Waals surface area contributed by atoms with Crippen molar-refractivity contribution in [3.63, 3.8) is 0 Å². The summed E-state index contributed by atoms with van der Waals surface area (Å²) in [6.07, 6.45) is 1.38. The first-order chi connectivity index (χ1) is 16.7. The van der Waals surface area contributed by atoms with E-state index in [1.165, 1.54) is 18.1 Å². The number of carboxylic acid groups (broad SMARTS) is 1. The van der Waals surface area contributed by atoms with Crippen LogP contribution in [0.4, 0.5) is 4.79 Å². The first kappa shape index (κ1) is 24.7. The van der Waals surface area contributed by atoms with Gasteiger partial charge in [0.25, 0.3) is 0 Å². The second-order valence-corrected chi connectivity index (χ2v) is 9.79. The number of carbonyl (C=O) groups excluding carboxylic acids is 2. The Morgan fingerprint density at radius 3 is 2.26 bits per heavy atom. The normalized spacial score (nSPS) is 20.4. The smallest absolute Gasteiger partial charge is 0.407 e. The lowest BCUT2D eigenvalue weighted by atomic mass is 9.94. The Morgan fingerprint density at radius 1 is 1.00 bits per heavy atom. The summed E-state index contributed by atoms with van der Waals surface area (Å²) in [6, 6.07) is 16.3. The van der Waals surface area contributed by atoms with E-state index in [4.69, 9.17) is 9.84 Å². The Morgan fingerprint density at radius 2 is 1.63 bits per heavy atom. The van der Waals surface area contributed by atoms with E-state index in [9.17, 15) is 19.5 Å². The number of aliphatic hydroxyl groups is 1. The van der Waals surface area contributed by atoms with Gasteiger partial charge in [0.15, 0.2) is 0 Å². The van der Waals surface area contributed by atoms with Crippen molar-refractivity contribution in [3.8, 4) is 11.1 Å². The second-order valence-electron chi connectivity index (χ2n) is 9.79. The van der Waals surface area contributed by atoms with Gasteiger partial charge in [-0.2, -0.15) is 0 Å². The summed E-state index contributed by atoms with van der Waals surface area (Å²) in [5, 5.41) is 24.5. The average Bonchev–Trinajstić information content (AvgIpc) is 3.42. The average molecular weight is 481 g/mol. The van der Waals surface area contributed by atoms with Gasteiger partial charge in [-0.05, 0) is 47.9 Å². The van der Waals surface area contributed by atoms with Gasteiger partial charge in [-0.15, -0.1) is 0 Å². The van der Waals surface area contributed by atoms with Gasteiger partial charge in [0, 0.05) is 24.9 Å². The fraction of sp³-hybridized carbons (Fsp3) is 0.444. The minimum atomic E-state index is -1.52. The Labute approximate surface area is 204 Å². The molecule has 2 amide bonds. The molecule has 0 heterocycles. The van der Waals surface area contributed by atoms with Crippen molar-refractivity contribution in [1.29, 1.82) is 0 Å². The first-order valence-electron chi connectivity index (χ1n) is 12.1. The van der Waals surface area contributed by atoms with Gasteiger partial charge in [0.05, 0.1) is 12.0 Å². The summed E-state index contributed by atoms with van der Waals surface area (Å²) in [5.41, 5.74) is 3.11. The molecule has 0 aromatic heterocycles. The van der Waals surface area contributed by atoms with Crippen LogP contribution in [0.25, 0.3) is 11.1 Å². The van der Waals surface area contributed by atoms with Crippen LogP contribution in [0.1, 0.15) is 49.7 Å². The van der Waals surface area contributed by atoms with Gasteiger partial charge in [-0.3, -0.25) is 9.59 Å². The minimum absolute atomic E-state index is 0.0169. The monoisotopic (exact) mass is 480 g/mol. The van der Waals surface area contributed by atoms with E-state index in [0.29, 0.717) is 13.0 Å². The van der Waals surface area contributed by atoms with Crippen molar-refractivity contribution in [2.24, 2.45) is 11.8 Å². The Kier molecular flexibility index (Phi) is 7.40. The molecule has 8 nitrogen and oxygen atoms in total. The molecule has 2 aliphatic rings. The summed E-state index contributed by atoms with van der Waals surface area (Å²) >= 11 is 0. The summed E-state index contributed by atoms with van der Waals surface area (Å²) in [5.74, 6) is -1.72. The summed E-state index contributed by atoms with van der Waals surface area (Å²) in [7, 11) is 0. The van der Waals surface area contributed by atoms with Gasteiger partial charge >= 0.3 is 12.1 Å². The zero-order valence-corrected chi connectivity index (χ0v) is 19.8. The van der Waals surface area contributed by atoms with Crippen molar-refractivity contribution in [2.75, 3.05) is 19.7 Å². The van der Waals surface area contributed by atoms with Crippen LogP contribution in [-0.2, 0) is 14.3 Å². The highest BCUT2D eigenvalue weighted by atomic mass is 16.5. The molecule has 2 aliphatic carbocycles. The first-order valence-corrected chi connectivity index (χ1v) is 12.1. The third kappa shape index (κ3) is 5.82. The minimum Gasteiger partial charge on any atom is -0.481 e. The van der Waals surface area contributed by atoms with Crippen LogP contribution < -0.4 is 10.6 Å². The van der Waals surface area contributed by atoms with Crippen LogP contribution in [0.5, 0.6) is 0 Å². The van der Waals surface area contributed by atoms with E-state index in [2.05, 4.69) is 34.9 Å². The van der Waals surface area contributed by atoms with Crippen molar-refractivity contribution in [2.45, 2.75) is 44.1 Å². The third-order valence-corrected chi connectivity index (χ3v) is 7.02. The highest BCUT2D eigenvalue weighted by Crippen LogP contribution is 2.44. The molecule has 8 heteroatoms. The molecule has 1 fully saturated rings. The van der Waals surface area contributed by atoms with Crippen LogP contribution in [0.3, 0.4) is 0 Å². The van der Waals surface area contributed by atoms with Gasteiger partial charge in [0.2, 0.25) is 5.91 Å². The van der Waals surface area contributed by atoms with E-state index < -0.39 is 24.1 Å². The van der Waals surface area contributed by atoms with Crippen LogP contribution in [-0.4, -0.2) is 53.5 Å². The van der Waals surface area contributed by atoms with Crippen LogP contribution >= 0.6 is 0 Å². The third-order valence-electron chi connectivity index (χ3n) is 7.02. The number of ether oxygens (including phenoxy) is 1. The molecule has 0 aliphatic heterocycles. The Bertz CT molecular complexity index is 1050. The number of amides is 2. The largest absolute Gasteiger partial charge is 0.481 e. The van der Waals surface area contributed by atoms with Crippen LogP contribution in [0.15, 0.2) is 48.5 Å². The molecule has 3 atom stereocenters. The summed E-state index contributed by atoms with van der Waals surface area (Å²) in [6.45, 7) is 1.79. The number of carbonyl (C=O) groups is 3. The molecule has 1 saturated carbocycles. The van der Waals surface area contributed by atoms with Gasteiger partial charge in [-0.25, -0.2) is 4.79 Å². The van der Waals surface area contributed by atoms with Gasteiger partial charge in [-0.1, -0.05) is 55.0 Å². The Hall–Kier alpha value is -3.39. The van der Waals surface area contributed by atoms with E-state index in [-0.39, 0.29) is 36.8 Å². The molecule has 2 aromatic rings. The van der Waals surface area contributed by atoms with Gasteiger partial charge in [0.1, 0.15) is 6.61 Å². The number of fused-ring (bicyclic) bond motifs is 3. The number of alkyl carbamates (subject to hydrolysis) is 1. The number of hydrogen-bond donors (Lipinski definition) is 4. The van der Waals surface area contributed by atoms with E-state index in [1.54, 1.807) is 0 Å². The molecule has 2 aromatic carbocycles. The lowest BCUT2D eigenvalue weighted by molar-refractivity contribution is -0.142. The fourth-order valence-corrected chi connectivity index (χ4v) is 5.29. The SMILES string of the molecule is CC(O)(CNC(=O)[C@@H]1CCC[C@@H]1CNC(=O)OCC1c2ccccc2-c2ccccc21)CC(=O)O. The number of rotatable bonds is 9. The summed E-state index contributed by atoms with van der Waals surface area (Å²) in [4.78, 5) is 36.0. The number of carboxylic acids is 1. The van der Waals surface area contributed by atoms with Gasteiger partial charge < -0.3 is 25.6 Å². The zero-order chi connectivity index (χ0) is 25.0. The maximum Gasteiger partial charge on any atom is 0.407 e. The number of benzene rings is 2. The van der Waals surface area contributed by atoms with E-state index in [0.717, 1.165) is 24.0 Å². The molecule has 0 radical (unpaired) electrons. The molecule has 4 rings (SSSR count). The number of hydrogen-bond acceptors (Lipinski definition) is 5. The predicted molar refractivity (Wildman–Crippen MR) is 130 cm³/mol. The van der Waals surface area contributed by atoms with Crippen molar-refractivity contribution >= 4 is 18.0 Å². The molecular formula is C27H32N2O6. The lowest BCUT2D eigenvalue weighted by Crippen LogP contribution is -2.45. The molecule has 1 unspecified atom stereocenters. The maximum absolute atomic E-state index is 12.7. The molecule has 0 saturated heterocycles. The lowest BCUT2D eigenvalue weighted by Gasteiger charge is -2.24. The quantitative estimate of drug-likeness (QED) is 0.437. The zero-order valence-electron chi connectivity index (χ0n) is 19.8. The highest BCUT2D eigenvalue weighted by molar-refractivity contribution is 5.80. The molecule has 0 spiro atoms. The van der Waals surface area contributed by atoms with Crippen LogP contribution in [0.2, 0.25) is 0 Å². The van der Waals surface area contributed by atoms with E-state index in [1.807, 2.05) is 24.3 Å². The van der Waals surface area contributed by atoms with Crippen molar-refractivity contribution in [1.82, 2.24) is 10.6 Å². The molecule has 4 N–H and O–H groups in total. The molecule has 0 bridgehead atoms. The standard InChI is InChI=1S/C27H32N2O6/c1-27(34,13-24(30)31)16-29-25(32)18-12-6-7-17(18)14-28-26(33)35-15-23-21-10-4-2-8-19(21)20-9-3-5-11-22(20)23/h2-5,8-11,17-18,23,34H,6-7,12-16H2,1H3,(H,28,33)(H,29,32)(H,30,31)/t17-,18-,27?/m1/s1. The predicted octanol–water partition coefficient (Wildman–Crippen LogP) is 3.28. The van der Waals surface area contributed by atoms with E-state index >= 15 is 0 Å². The number of nitrogens with one attached hydrogen (secondary N) is 2. The van der Waals surface area contributed by atoms with Crippen LogP contribution in [0, 0.1) is 11.8 Å².